The van der Waals surface area contributed by atoms with Gasteiger partial charge in [0.05, 0.1) is 11.0 Å². The van der Waals surface area contributed by atoms with Gasteiger partial charge in [0.15, 0.2) is 11.5 Å². The minimum atomic E-state index is -0.323. The number of piperidine rings is 1. The number of aromatic nitrogens is 7. The number of likely N-dealkylation sites (tertiary alicyclic amines) is 1. The van der Waals surface area contributed by atoms with Gasteiger partial charge in [-0.25, -0.2) is 14.4 Å². The number of hydrogen-bond donors (Lipinski definition) is 2. The highest BCUT2D eigenvalue weighted by atomic mass is 19.1. The fourth-order valence-corrected chi connectivity index (χ4v) is 5.33. The Kier molecular flexibility index (Phi) is 5.62. The molecule has 6 heterocycles. The summed E-state index contributed by atoms with van der Waals surface area (Å²) in [5.74, 6) is 0.241. The van der Waals surface area contributed by atoms with Gasteiger partial charge in [-0.3, -0.25) is 20.0 Å². The fourth-order valence-electron chi connectivity index (χ4n) is 5.33. The van der Waals surface area contributed by atoms with Crippen molar-refractivity contribution in [3.8, 4) is 33.8 Å². The Hall–Kier alpha value is -4.50. The number of nitrogens with one attached hydrogen (secondary N) is 2. The molecule has 0 spiro atoms. The molecule has 0 aliphatic carbocycles. The molecular weight excluding hydrogens is 479 g/mol. The number of halogens is 1. The largest absolute Gasteiger partial charge is 0.335 e. The van der Waals surface area contributed by atoms with Gasteiger partial charge in [-0.2, -0.15) is 5.10 Å². The van der Waals surface area contributed by atoms with Gasteiger partial charge in [0.2, 0.25) is 0 Å². The molecule has 0 bridgehead atoms. The van der Waals surface area contributed by atoms with Gasteiger partial charge >= 0.3 is 0 Å². The number of imidazole rings is 1. The minimum Gasteiger partial charge on any atom is -0.335 e. The number of H-pyrrole nitrogens is 2. The zero-order valence-corrected chi connectivity index (χ0v) is 20.7. The van der Waals surface area contributed by atoms with E-state index < -0.39 is 0 Å². The lowest BCUT2D eigenvalue weighted by molar-refractivity contribution is 0.220. The zero-order chi connectivity index (χ0) is 25.5. The van der Waals surface area contributed by atoms with Crippen LogP contribution >= 0.6 is 0 Å². The van der Waals surface area contributed by atoms with E-state index >= 15 is 4.39 Å². The van der Waals surface area contributed by atoms with Gasteiger partial charge in [-0.1, -0.05) is 6.42 Å². The second-order valence-electron chi connectivity index (χ2n) is 9.75. The molecule has 2 N–H and O–H groups in total. The Morgan fingerprint density at radius 1 is 0.868 bits per heavy atom. The molecule has 8 nitrogen and oxygen atoms in total. The third kappa shape index (κ3) is 4.10. The van der Waals surface area contributed by atoms with Crippen molar-refractivity contribution in [2.75, 3.05) is 13.1 Å². The second-order valence-corrected chi connectivity index (χ2v) is 9.75. The SMILES string of the molecule is Fc1cc2[nH]nc(-c3nc4nccc(-c5ccncc5)c4[nH]3)c2cc1-c1cncc(CN2CCCCC2)c1. The van der Waals surface area contributed by atoms with Crippen LogP contribution in [0.5, 0.6) is 0 Å². The van der Waals surface area contributed by atoms with E-state index in [4.69, 9.17) is 4.98 Å². The summed E-state index contributed by atoms with van der Waals surface area (Å²) < 4.78 is 15.3. The number of pyridine rings is 3. The molecule has 188 valence electrons. The van der Waals surface area contributed by atoms with E-state index in [1.54, 1.807) is 24.8 Å². The summed E-state index contributed by atoms with van der Waals surface area (Å²) in [6, 6.07) is 11.2. The third-order valence-electron chi connectivity index (χ3n) is 7.22. The van der Waals surface area contributed by atoms with Crippen LogP contribution in [-0.4, -0.2) is 53.1 Å². The molecule has 1 aliphatic rings. The molecule has 0 amide bonds. The molecule has 1 saturated heterocycles. The summed E-state index contributed by atoms with van der Waals surface area (Å²) in [7, 11) is 0. The maximum atomic E-state index is 15.3. The van der Waals surface area contributed by atoms with E-state index in [1.165, 1.54) is 25.3 Å². The van der Waals surface area contributed by atoms with E-state index in [9.17, 15) is 0 Å². The topological polar surface area (TPSA) is 99.3 Å². The Labute approximate surface area is 218 Å². The highest BCUT2D eigenvalue weighted by Gasteiger charge is 2.19. The normalized spacial score (nSPS) is 14.4. The van der Waals surface area contributed by atoms with Gasteiger partial charge in [0.1, 0.15) is 11.5 Å². The monoisotopic (exact) mass is 504 g/mol. The van der Waals surface area contributed by atoms with Gasteiger partial charge < -0.3 is 4.98 Å². The second kappa shape index (κ2) is 9.42. The third-order valence-corrected chi connectivity index (χ3v) is 7.22. The standard InChI is InChI=1S/C29H25FN8/c30-24-14-25-23(13-22(24)20-12-18(15-32-16-20)17-38-10-2-1-3-11-38)27(37-36-25)29-34-26-21(6-9-33-28(26)35-29)19-4-7-31-8-5-19/h4-9,12-16H,1-3,10-11,17H2,(H,36,37)(H,33,34,35). The Bertz CT molecular complexity index is 1750. The van der Waals surface area contributed by atoms with Crippen molar-refractivity contribution in [1.29, 1.82) is 0 Å². The predicted molar refractivity (Wildman–Crippen MR) is 145 cm³/mol. The van der Waals surface area contributed by atoms with Crippen LogP contribution in [-0.2, 0) is 6.54 Å². The lowest BCUT2D eigenvalue weighted by Crippen LogP contribution is -2.29. The van der Waals surface area contributed by atoms with Crippen LogP contribution < -0.4 is 0 Å². The lowest BCUT2D eigenvalue weighted by Gasteiger charge is -2.26. The molecule has 1 fully saturated rings. The first-order chi connectivity index (χ1) is 18.7. The van der Waals surface area contributed by atoms with Crippen molar-refractivity contribution in [3.05, 3.63) is 78.8 Å². The van der Waals surface area contributed by atoms with Gasteiger partial charge in [0, 0.05) is 65.7 Å². The Morgan fingerprint density at radius 2 is 1.74 bits per heavy atom. The van der Waals surface area contributed by atoms with Crippen LogP contribution in [0.25, 0.3) is 55.8 Å². The number of aromatic amines is 2. The average Bonchev–Trinajstić information content (AvgIpc) is 3.57. The summed E-state index contributed by atoms with van der Waals surface area (Å²) in [6.07, 6.45) is 12.6. The van der Waals surface area contributed by atoms with E-state index in [0.717, 1.165) is 52.8 Å². The van der Waals surface area contributed by atoms with Crippen LogP contribution in [0, 0.1) is 5.82 Å². The van der Waals surface area contributed by atoms with Gasteiger partial charge in [-0.05, 0) is 67.4 Å². The van der Waals surface area contributed by atoms with Crippen LogP contribution in [0.4, 0.5) is 4.39 Å². The summed E-state index contributed by atoms with van der Waals surface area (Å²) in [4.78, 5) is 23.5. The smallest absolute Gasteiger partial charge is 0.178 e. The number of fused-ring (bicyclic) bond motifs is 2. The van der Waals surface area contributed by atoms with Crippen LogP contribution in [0.15, 0.2) is 67.4 Å². The molecular formula is C29H25FN8. The van der Waals surface area contributed by atoms with Crippen LogP contribution in [0.2, 0.25) is 0 Å². The van der Waals surface area contributed by atoms with E-state index in [0.29, 0.717) is 28.2 Å². The Morgan fingerprint density at radius 3 is 2.61 bits per heavy atom. The number of hydrogen-bond acceptors (Lipinski definition) is 6. The minimum absolute atomic E-state index is 0.323. The highest BCUT2D eigenvalue weighted by Crippen LogP contribution is 2.34. The maximum absolute atomic E-state index is 15.3. The molecule has 38 heavy (non-hydrogen) atoms. The molecule has 6 aromatic rings. The molecule has 1 aliphatic heterocycles. The van der Waals surface area contributed by atoms with Crippen LogP contribution in [0.1, 0.15) is 24.8 Å². The Balaban J connectivity index is 1.29. The highest BCUT2D eigenvalue weighted by molar-refractivity contribution is 5.97. The van der Waals surface area contributed by atoms with Crippen molar-refractivity contribution in [2.24, 2.45) is 0 Å². The first kappa shape index (κ1) is 22.7. The first-order valence-corrected chi connectivity index (χ1v) is 12.8. The maximum Gasteiger partial charge on any atom is 0.178 e. The number of benzene rings is 1. The van der Waals surface area contributed by atoms with Crippen molar-refractivity contribution in [2.45, 2.75) is 25.8 Å². The van der Waals surface area contributed by atoms with Crippen molar-refractivity contribution in [3.63, 3.8) is 0 Å². The average molecular weight is 505 g/mol. The van der Waals surface area contributed by atoms with Gasteiger partial charge in [0.25, 0.3) is 0 Å². The van der Waals surface area contributed by atoms with E-state index in [2.05, 4.69) is 35.0 Å². The molecule has 5 aromatic heterocycles. The van der Waals surface area contributed by atoms with E-state index in [-0.39, 0.29) is 5.82 Å². The van der Waals surface area contributed by atoms with Crippen molar-refractivity contribution >= 4 is 22.1 Å². The van der Waals surface area contributed by atoms with Crippen LogP contribution in [0.3, 0.4) is 0 Å². The lowest BCUT2D eigenvalue weighted by atomic mass is 10.0. The number of nitrogens with zero attached hydrogens (tertiary/aromatic N) is 6. The number of rotatable bonds is 5. The molecule has 7 rings (SSSR count). The summed E-state index contributed by atoms with van der Waals surface area (Å²) in [6.45, 7) is 3.02. The molecule has 0 atom stereocenters. The first-order valence-electron chi connectivity index (χ1n) is 12.8. The summed E-state index contributed by atoms with van der Waals surface area (Å²) in [5.41, 5.74) is 6.90. The zero-order valence-electron chi connectivity index (χ0n) is 20.7. The van der Waals surface area contributed by atoms with E-state index in [1.807, 2.05) is 36.5 Å². The molecule has 0 radical (unpaired) electrons. The predicted octanol–water partition coefficient (Wildman–Crippen LogP) is 5.75. The summed E-state index contributed by atoms with van der Waals surface area (Å²) in [5, 5.41) is 8.22. The van der Waals surface area contributed by atoms with Crippen molar-refractivity contribution < 1.29 is 4.39 Å². The summed E-state index contributed by atoms with van der Waals surface area (Å²) >= 11 is 0. The quantitative estimate of drug-likeness (QED) is 0.310. The molecule has 1 aromatic carbocycles. The molecule has 0 unspecified atom stereocenters. The molecule has 9 heteroatoms. The fraction of sp³-hybridized carbons (Fsp3) is 0.207. The molecule has 0 saturated carbocycles. The van der Waals surface area contributed by atoms with Crippen molar-refractivity contribution in [1.82, 2.24) is 40.0 Å². The van der Waals surface area contributed by atoms with Gasteiger partial charge in [-0.15, -0.1) is 0 Å².